The van der Waals surface area contributed by atoms with Crippen LogP contribution in [-0.4, -0.2) is 0 Å². The molecule has 0 N–H and O–H groups in total. The molecule has 0 bridgehead atoms. The number of fused-ring (bicyclic) bond motifs is 4. The lowest BCUT2D eigenvalue weighted by Crippen LogP contribution is -1.93. The van der Waals surface area contributed by atoms with Crippen molar-refractivity contribution in [3.63, 3.8) is 0 Å². The largest absolute Gasteiger partial charge is 0.0622 e. The summed E-state index contributed by atoms with van der Waals surface area (Å²) in [6, 6.07) is 75.6. The van der Waals surface area contributed by atoms with Crippen molar-refractivity contribution in [1.82, 2.24) is 0 Å². The molecule has 0 aliphatic heterocycles. The first kappa shape index (κ1) is 30.1. The van der Waals surface area contributed by atoms with Crippen LogP contribution >= 0.6 is 0 Å². The highest BCUT2D eigenvalue weighted by molar-refractivity contribution is 6.22. The summed E-state index contributed by atoms with van der Waals surface area (Å²) in [6.45, 7) is 0. The van der Waals surface area contributed by atoms with Crippen LogP contribution in [0.2, 0.25) is 0 Å². The Balaban J connectivity index is 1.27. The van der Waals surface area contributed by atoms with E-state index in [1.54, 1.807) is 0 Å². The summed E-state index contributed by atoms with van der Waals surface area (Å²) in [4.78, 5) is 0. The van der Waals surface area contributed by atoms with Crippen LogP contribution in [0.1, 0.15) is 0 Å². The molecule has 242 valence electrons. The number of hydrogen-bond donors (Lipinski definition) is 0. The summed E-state index contributed by atoms with van der Waals surface area (Å²) >= 11 is 0. The second-order valence-electron chi connectivity index (χ2n) is 13.6. The van der Waals surface area contributed by atoms with Gasteiger partial charge in [0.15, 0.2) is 0 Å². The first-order valence-electron chi connectivity index (χ1n) is 18.0. The van der Waals surface area contributed by atoms with Crippen LogP contribution in [0.3, 0.4) is 0 Å². The SMILES string of the molecule is c1ccc(-c2cc(-c3ccc(-c4ccccc4)c4ccccc34)cc(-c3c4ccccc4c(-c4ccc5ccccc5c4)c4ccccc34)c2)cc1. The molecule has 10 aromatic carbocycles. The van der Waals surface area contributed by atoms with Crippen molar-refractivity contribution in [3.05, 3.63) is 206 Å². The molecule has 0 aliphatic carbocycles. The van der Waals surface area contributed by atoms with Gasteiger partial charge < -0.3 is 0 Å². The Morgan fingerprint density at radius 3 is 1.21 bits per heavy atom. The Morgan fingerprint density at radius 2 is 0.615 bits per heavy atom. The molecule has 0 unspecified atom stereocenters. The molecular weight excluding hydrogens is 625 g/mol. The first-order chi connectivity index (χ1) is 25.8. The topological polar surface area (TPSA) is 0 Å². The Morgan fingerprint density at radius 1 is 0.192 bits per heavy atom. The summed E-state index contributed by atoms with van der Waals surface area (Å²) in [6.07, 6.45) is 0. The maximum atomic E-state index is 2.42. The molecule has 52 heavy (non-hydrogen) atoms. The van der Waals surface area contributed by atoms with Gasteiger partial charge in [-0.1, -0.05) is 182 Å². The highest BCUT2D eigenvalue weighted by Crippen LogP contribution is 2.46. The van der Waals surface area contributed by atoms with E-state index >= 15 is 0 Å². The average molecular weight is 659 g/mol. The molecule has 0 saturated heterocycles. The minimum Gasteiger partial charge on any atom is -0.0622 e. The van der Waals surface area contributed by atoms with Crippen LogP contribution in [0.25, 0.3) is 98.7 Å². The van der Waals surface area contributed by atoms with Crippen molar-refractivity contribution in [2.75, 3.05) is 0 Å². The van der Waals surface area contributed by atoms with E-state index in [4.69, 9.17) is 0 Å². The molecular formula is C52H34. The fraction of sp³-hybridized carbons (Fsp3) is 0. The van der Waals surface area contributed by atoms with Gasteiger partial charge in [0.1, 0.15) is 0 Å². The van der Waals surface area contributed by atoms with E-state index < -0.39 is 0 Å². The van der Waals surface area contributed by atoms with Crippen molar-refractivity contribution in [2.45, 2.75) is 0 Å². The van der Waals surface area contributed by atoms with Crippen molar-refractivity contribution < 1.29 is 0 Å². The lowest BCUT2D eigenvalue weighted by Gasteiger charge is -2.20. The molecule has 0 saturated carbocycles. The van der Waals surface area contributed by atoms with Crippen molar-refractivity contribution in [2.24, 2.45) is 0 Å². The smallest absolute Gasteiger partial charge is 0.00259 e. The number of hydrogen-bond acceptors (Lipinski definition) is 0. The van der Waals surface area contributed by atoms with E-state index in [2.05, 4.69) is 206 Å². The molecule has 0 fully saturated rings. The predicted molar refractivity (Wildman–Crippen MR) is 224 cm³/mol. The Hall–Kier alpha value is -6.76. The van der Waals surface area contributed by atoms with Crippen molar-refractivity contribution in [3.8, 4) is 55.6 Å². The van der Waals surface area contributed by atoms with Crippen LogP contribution in [0.4, 0.5) is 0 Å². The summed E-state index contributed by atoms with van der Waals surface area (Å²) in [5.41, 5.74) is 12.3. The van der Waals surface area contributed by atoms with Crippen LogP contribution < -0.4 is 0 Å². The van der Waals surface area contributed by atoms with E-state index in [-0.39, 0.29) is 0 Å². The molecule has 0 nitrogen and oxygen atoms in total. The van der Waals surface area contributed by atoms with Crippen LogP contribution in [0.15, 0.2) is 206 Å². The van der Waals surface area contributed by atoms with E-state index in [1.165, 1.54) is 98.7 Å². The maximum Gasteiger partial charge on any atom is -0.00259 e. The third kappa shape index (κ3) is 5.08. The predicted octanol–water partition coefficient (Wildman–Crippen LogP) is 14.6. The molecule has 0 radical (unpaired) electrons. The molecule has 0 aliphatic rings. The third-order valence-electron chi connectivity index (χ3n) is 10.6. The van der Waals surface area contributed by atoms with Crippen LogP contribution in [0.5, 0.6) is 0 Å². The van der Waals surface area contributed by atoms with Crippen molar-refractivity contribution in [1.29, 1.82) is 0 Å². The van der Waals surface area contributed by atoms with Gasteiger partial charge in [-0.15, -0.1) is 0 Å². The van der Waals surface area contributed by atoms with E-state index in [1.807, 2.05) is 0 Å². The second-order valence-corrected chi connectivity index (χ2v) is 13.6. The quantitative estimate of drug-likeness (QED) is 0.161. The third-order valence-corrected chi connectivity index (χ3v) is 10.6. The maximum absolute atomic E-state index is 2.42. The van der Waals surface area contributed by atoms with Gasteiger partial charge in [0.05, 0.1) is 0 Å². The molecule has 0 amide bonds. The molecule has 10 aromatic rings. The zero-order chi connectivity index (χ0) is 34.4. The molecule has 0 heteroatoms. The molecule has 10 rings (SSSR count). The lowest BCUT2D eigenvalue weighted by molar-refractivity contribution is 1.59. The average Bonchev–Trinajstić information content (AvgIpc) is 3.22. The van der Waals surface area contributed by atoms with Crippen LogP contribution in [0, 0.1) is 0 Å². The van der Waals surface area contributed by atoms with E-state index in [0.717, 1.165) is 0 Å². The second kappa shape index (κ2) is 12.5. The van der Waals surface area contributed by atoms with Gasteiger partial charge in [0.25, 0.3) is 0 Å². The molecule has 0 spiro atoms. The Labute approximate surface area is 303 Å². The standard InChI is InChI=1S/C52H34/c1-3-15-35(16-4-1)40-32-41(44-30-29-43(37-18-5-2-6-19-37)45-21-9-10-22-46(44)45)34-42(33-40)52-49-25-13-11-23-47(49)51(48-24-12-14-26-50(48)52)39-28-27-36-17-7-8-20-38(36)31-39/h1-34H. The van der Waals surface area contributed by atoms with E-state index in [0.29, 0.717) is 0 Å². The lowest BCUT2D eigenvalue weighted by atomic mass is 9.83. The number of benzene rings is 10. The van der Waals surface area contributed by atoms with Gasteiger partial charge in [-0.25, -0.2) is 0 Å². The van der Waals surface area contributed by atoms with E-state index in [9.17, 15) is 0 Å². The van der Waals surface area contributed by atoms with Gasteiger partial charge in [-0.3, -0.25) is 0 Å². The summed E-state index contributed by atoms with van der Waals surface area (Å²) < 4.78 is 0. The summed E-state index contributed by atoms with van der Waals surface area (Å²) in [7, 11) is 0. The minimum absolute atomic E-state index is 1.20. The van der Waals surface area contributed by atoms with Crippen LogP contribution in [-0.2, 0) is 0 Å². The van der Waals surface area contributed by atoms with Gasteiger partial charge in [0.2, 0.25) is 0 Å². The highest BCUT2D eigenvalue weighted by Gasteiger charge is 2.19. The zero-order valence-corrected chi connectivity index (χ0v) is 28.6. The van der Waals surface area contributed by atoms with Gasteiger partial charge in [-0.05, 0) is 123 Å². The zero-order valence-electron chi connectivity index (χ0n) is 28.6. The highest BCUT2D eigenvalue weighted by atomic mass is 14.2. The Bertz CT molecular complexity index is 2880. The summed E-state index contributed by atoms with van der Waals surface area (Å²) in [5, 5.41) is 10.0. The van der Waals surface area contributed by atoms with Gasteiger partial charge >= 0.3 is 0 Å². The summed E-state index contributed by atoms with van der Waals surface area (Å²) in [5.74, 6) is 0. The van der Waals surface area contributed by atoms with Crippen molar-refractivity contribution >= 4 is 43.1 Å². The fourth-order valence-electron chi connectivity index (χ4n) is 8.24. The monoisotopic (exact) mass is 658 g/mol. The van der Waals surface area contributed by atoms with Gasteiger partial charge in [-0.2, -0.15) is 0 Å². The molecule has 0 aromatic heterocycles. The number of rotatable bonds is 5. The fourth-order valence-corrected chi connectivity index (χ4v) is 8.24. The minimum atomic E-state index is 1.20. The molecule has 0 heterocycles. The van der Waals surface area contributed by atoms with Gasteiger partial charge in [0, 0.05) is 0 Å². The normalized spacial score (nSPS) is 11.5. The Kier molecular flexibility index (Phi) is 7.25. The first-order valence-corrected chi connectivity index (χ1v) is 18.0. The molecule has 0 atom stereocenters.